The molecule has 4 atom stereocenters. The minimum atomic E-state index is -2.00. The summed E-state index contributed by atoms with van der Waals surface area (Å²) in [4.78, 5) is 14.2. The Morgan fingerprint density at radius 3 is 2.74 bits per heavy atom. The summed E-state index contributed by atoms with van der Waals surface area (Å²) < 4.78 is 24.8. The Kier molecular flexibility index (Phi) is 4.55. The lowest BCUT2D eigenvalue weighted by Gasteiger charge is -2.51. The van der Waals surface area contributed by atoms with Gasteiger partial charge in [-0.3, -0.25) is 4.90 Å². The third kappa shape index (κ3) is 2.82. The van der Waals surface area contributed by atoms with Gasteiger partial charge in [0.05, 0.1) is 24.7 Å². The van der Waals surface area contributed by atoms with Crippen LogP contribution in [-0.2, 0) is 14.6 Å². The lowest BCUT2D eigenvalue weighted by molar-refractivity contribution is 0.000845. The molecule has 0 bridgehead atoms. The van der Waals surface area contributed by atoms with Crippen molar-refractivity contribution in [3.05, 3.63) is 35.4 Å². The Morgan fingerprint density at radius 1 is 1.26 bits per heavy atom. The minimum absolute atomic E-state index is 0.0293. The lowest BCUT2D eigenvalue weighted by Crippen LogP contribution is -2.61. The molecule has 1 aromatic rings. The van der Waals surface area contributed by atoms with E-state index in [9.17, 15) is 4.79 Å². The van der Waals surface area contributed by atoms with Crippen LogP contribution in [0, 0.1) is 0 Å². The number of methoxy groups -OCH3 is 1. The normalized spacial score (nSPS) is 31.7. The van der Waals surface area contributed by atoms with E-state index in [0.717, 1.165) is 29.9 Å². The van der Waals surface area contributed by atoms with Crippen LogP contribution in [0.25, 0.3) is 0 Å². The molecule has 6 nitrogen and oxygen atoms in total. The fourth-order valence-corrected chi connectivity index (χ4v) is 6.89. The van der Waals surface area contributed by atoms with Crippen molar-refractivity contribution in [3.8, 4) is 11.5 Å². The van der Waals surface area contributed by atoms with Crippen molar-refractivity contribution < 1.29 is 23.4 Å². The van der Waals surface area contributed by atoms with Crippen LogP contribution in [0.1, 0.15) is 39.2 Å². The highest BCUT2D eigenvalue weighted by Crippen LogP contribution is 2.60. The zero-order valence-electron chi connectivity index (χ0n) is 19.4. The summed E-state index contributed by atoms with van der Waals surface area (Å²) in [7, 11) is -0.319. The van der Waals surface area contributed by atoms with Crippen LogP contribution in [-0.4, -0.2) is 57.8 Å². The number of para-hydroxylation sites is 1. The molecule has 168 valence electrons. The first-order valence-electron chi connectivity index (χ1n) is 11.3. The molecule has 1 spiro atoms. The molecule has 4 aliphatic rings. The number of amides is 1. The molecule has 3 heterocycles. The predicted molar refractivity (Wildman–Crippen MR) is 120 cm³/mol. The second kappa shape index (κ2) is 6.75. The van der Waals surface area contributed by atoms with Crippen molar-refractivity contribution in [1.29, 1.82) is 0 Å². The van der Waals surface area contributed by atoms with Crippen LogP contribution >= 0.6 is 0 Å². The highest BCUT2D eigenvalue weighted by atomic mass is 28.4. The SMILES string of the molecule is COc1cccc2c1O[C@H]1[C@H](O[Si](C)(C)C(C)(C)C)CC=C3[C@H]4COC(=O)N4CC[C@]321. The van der Waals surface area contributed by atoms with Gasteiger partial charge in [-0.2, -0.15) is 0 Å². The Labute approximate surface area is 185 Å². The molecular formula is C24H33NO5Si. The summed E-state index contributed by atoms with van der Waals surface area (Å²) in [6, 6.07) is 6.13. The summed E-state index contributed by atoms with van der Waals surface area (Å²) in [5.74, 6) is 1.58. The fraction of sp³-hybridized carbons (Fsp3) is 0.625. The van der Waals surface area contributed by atoms with Crippen LogP contribution in [0.5, 0.6) is 11.5 Å². The number of hydrogen-bond acceptors (Lipinski definition) is 5. The molecule has 2 fully saturated rings. The maximum atomic E-state index is 12.3. The molecule has 0 aromatic heterocycles. The van der Waals surface area contributed by atoms with Gasteiger partial charge in [0.1, 0.15) is 12.7 Å². The summed E-state index contributed by atoms with van der Waals surface area (Å²) in [6.07, 6.45) is 3.51. The van der Waals surface area contributed by atoms with Gasteiger partial charge in [-0.15, -0.1) is 0 Å². The zero-order valence-corrected chi connectivity index (χ0v) is 20.4. The molecule has 0 saturated carbocycles. The molecule has 2 saturated heterocycles. The number of rotatable bonds is 3. The number of ether oxygens (including phenoxy) is 3. The van der Waals surface area contributed by atoms with Gasteiger partial charge in [0.15, 0.2) is 19.8 Å². The Morgan fingerprint density at radius 2 is 2.03 bits per heavy atom. The number of hydrogen-bond donors (Lipinski definition) is 0. The quantitative estimate of drug-likeness (QED) is 0.503. The van der Waals surface area contributed by atoms with Crippen LogP contribution < -0.4 is 9.47 Å². The molecule has 3 aliphatic heterocycles. The summed E-state index contributed by atoms with van der Waals surface area (Å²) >= 11 is 0. The number of piperidine rings is 1. The summed E-state index contributed by atoms with van der Waals surface area (Å²) in [5.41, 5.74) is 2.09. The molecule has 0 radical (unpaired) electrons. The van der Waals surface area contributed by atoms with Crippen LogP contribution in [0.2, 0.25) is 18.1 Å². The molecule has 1 aliphatic carbocycles. The number of nitrogens with zero attached hydrogens (tertiary/aromatic N) is 1. The van der Waals surface area contributed by atoms with Gasteiger partial charge >= 0.3 is 6.09 Å². The molecule has 1 aromatic carbocycles. The monoisotopic (exact) mass is 443 g/mol. The van der Waals surface area contributed by atoms with Crippen molar-refractivity contribution in [1.82, 2.24) is 4.90 Å². The molecule has 7 heteroatoms. The van der Waals surface area contributed by atoms with E-state index in [1.54, 1.807) is 7.11 Å². The topological polar surface area (TPSA) is 57.2 Å². The van der Waals surface area contributed by atoms with Crippen LogP contribution in [0.15, 0.2) is 29.8 Å². The van der Waals surface area contributed by atoms with Gasteiger partial charge in [0.2, 0.25) is 0 Å². The van der Waals surface area contributed by atoms with Crippen molar-refractivity contribution in [2.45, 2.75) is 75.4 Å². The van der Waals surface area contributed by atoms with Crippen molar-refractivity contribution >= 4 is 14.4 Å². The van der Waals surface area contributed by atoms with Gasteiger partial charge in [-0.05, 0) is 42.6 Å². The highest BCUT2D eigenvalue weighted by Gasteiger charge is 2.63. The lowest BCUT2D eigenvalue weighted by atomic mass is 9.60. The van der Waals surface area contributed by atoms with E-state index in [-0.39, 0.29) is 34.8 Å². The number of cyclic esters (lactones) is 1. The second-order valence-electron chi connectivity index (χ2n) is 10.7. The van der Waals surface area contributed by atoms with Crippen molar-refractivity contribution in [2.24, 2.45) is 0 Å². The van der Waals surface area contributed by atoms with Crippen molar-refractivity contribution in [2.75, 3.05) is 20.3 Å². The molecular weight excluding hydrogens is 410 g/mol. The van der Waals surface area contributed by atoms with Gasteiger partial charge in [-0.1, -0.05) is 39.0 Å². The van der Waals surface area contributed by atoms with Gasteiger partial charge in [0, 0.05) is 12.1 Å². The minimum Gasteiger partial charge on any atom is -0.493 e. The second-order valence-corrected chi connectivity index (χ2v) is 15.5. The fourth-order valence-electron chi connectivity index (χ4n) is 5.56. The average Bonchev–Trinajstić information content (AvgIpc) is 3.25. The van der Waals surface area contributed by atoms with Crippen LogP contribution in [0.4, 0.5) is 4.79 Å². The first-order chi connectivity index (χ1) is 14.6. The van der Waals surface area contributed by atoms with Gasteiger partial charge in [0.25, 0.3) is 0 Å². The molecule has 0 unspecified atom stereocenters. The van der Waals surface area contributed by atoms with E-state index < -0.39 is 8.32 Å². The Balaban J connectivity index is 1.62. The van der Waals surface area contributed by atoms with Crippen molar-refractivity contribution in [3.63, 3.8) is 0 Å². The third-order valence-electron chi connectivity index (χ3n) is 8.17. The molecule has 31 heavy (non-hydrogen) atoms. The summed E-state index contributed by atoms with van der Waals surface area (Å²) in [6.45, 7) is 12.5. The van der Waals surface area contributed by atoms with E-state index in [1.807, 2.05) is 17.0 Å². The number of carbonyl (C=O) groups is 1. The molecule has 1 amide bonds. The third-order valence-corrected chi connectivity index (χ3v) is 12.7. The molecule has 5 rings (SSSR count). The molecule has 0 N–H and O–H groups in total. The predicted octanol–water partition coefficient (Wildman–Crippen LogP) is 4.64. The maximum absolute atomic E-state index is 12.3. The van der Waals surface area contributed by atoms with E-state index >= 15 is 0 Å². The zero-order chi connectivity index (χ0) is 22.2. The van der Waals surface area contributed by atoms with E-state index in [2.05, 4.69) is 46.0 Å². The largest absolute Gasteiger partial charge is 0.493 e. The Bertz CT molecular complexity index is 952. The van der Waals surface area contributed by atoms with E-state index in [4.69, 9.17) is 18.6 Å². The number of carbonyl (C=O) groups excluding carboxylic acids is 1. The number of benzene rings is 1. The smallest absolute Gasteiger partial charge is 0.410 e. The summed E-state index contributed by atoms with van der Waals surface area (Å²) in [5, 5.41) is 0.113. The van der Waals surface area contributed by atoms with Gasteiger partial charge in [-0.25, -0.2) is 4.79 Å². The first kappa shape index (κ1) is 20.9. The standard InChI is InChI=1S/C24H33NO5Si/c1-23(2,3)31(5,6)30-19-11-10-15-17-14-28-22(26)25(17)13-12-24(15)16-8-7-9-18(27-4)20(16)29-21(19)24/h7-10,17,19,21H,11-14H2,1-6H3/t17-,19-,21+,24+/m1/s1. The van der Waals surface area contributed by atoms with E-state index in [1.165, 1.54) is 5.57 Å². The Hall–Kier alpha value is -1.99. The van der Waals surface area contributed by atoms with Crippen LogP contribution in [0.3, 0.4) is 0 Å². The average molecular weight is 444 g/mol. The maximum Gasteiger partial charge on any atom is 0.410 e. The van der Waals surface area contributed by atoms with E-state index in [0.29, 0.717) is 13.2 Å². The highest BCUT2D eigenvalue weighted by molar-refractivity contribution is 6.74. The first-order valence-corrected chi connectivity index (χ1v) is 14.2. The van der Waals surface area contributed by atoms with Gasteiger partial charge < -0.3 is 18.6 Å². The number of fused-ring (bicyclic) bond motifs is 3.